The first-order valence-corrected chi connectivity index (χ1v) is 5.77. The quantitative estimate of drug-likeness (QED) is 0.493. The molecule has 2 rings (SSSR count). The predicted molar refractivity (Wildman–Crippen MR) is 65.4 cm³/mol. The van der Waals surface area contributed by atoms with Crippen LogP contribution in [0.1, 0.15) is 12.8 Å². The van der Waals surface area contributed by atoms with Gasteiger partial charge in [-0.3, -0.25) is 19.7 Å². The zero-order chi connectivity index (χ0) is 13.8. The van der Waals surface area contributed by atoms with E-state index in [0.29, 0.717) is 5.69 Å². The summed E-state index contributed by atoms with van der Waals surface area (Å²) >= 11 is 0. The summed E-state index contributed by atoms with van der Waals surface area (Å²) in [6, 6.07) is 5.54. The molecule has 1 N–H and O–H groups in total. The number of esters is 1. The molecule has 1 aliphatic rings. The third kappa shape index (κ3) is 3.77. The first kappa shape index (κ1) is 13.0. The average molecular weight is 264 g/mol. The molecule has 1 aromatic rings. The van der Waals surface area contributed by atoms with Gasteiger partial charge in [0.1, 0.15) is 0 Å². The summed E-state index contributed by atoms with van der Waals surface area (Å²) < 4.78 is 4.79. The van der Waals surface area contributed by atoms with E-state index in [9.17, 15) is 19.7 Å². The van der Waals surface area contributed by atoms with Gasteiger partial charge in [0.15, 0.2) is 6.61 Å². The molecule has 0 aromatic heterocycles. The largest absolute Gasteiger partial charge is 0.455 e. The first-order valence-electron chi connectivity index (χ1n) is 5.77. The summed E-state index contributed by atoms with van der Waals surface area (Å²) in [4.78, 5) is 32.7. The highest BCUT2D eigenvalue weighted by Gasteiger charge is 2.31. The van der Waals surface area contributed by atoms with Crippen molar-refractivity contribution in [3.05, 3.63) is 34.4 Å². The Kier molecular flexibility index (Phi) is 3.74. The second-order valence-corrected chi connectivity index (χ2v) is 4.24. The molecule has 0 atom stereocenters. The van der Waals surface area contributed by atoms with Gasteiger partial charge < -0.3 is 10.1 Å². The van der Waals surface area contributed by atoms with Crippen LogP contribution in [0.2, 0.25) is 0 Å². The van der Waals surface area contributed by atoms with Crippen LogP contribution >= 0.6 is 0 Å². The van der Waals surface area contributed by atoms with E-state index in [1.165, 1.54) is 24.3 Å². The zero-order valence-electron chi connectivity index (χ0n) is 10.00. The van der Waals surface area contributed by atoms with E-state index in [0.717, 1.165) is 12.8 Å². The summed E-state index contributed by atoms with van der Waals surface area (Å²) in [5.74, 6) is -0.950. The normalized spacial score (nSPS) is 13.7. The molecule has 1 aromatic carbocycles. The van der Waals surface area contributed by atoms with Crippen LogP contribution in [0.15, 0.2) is 24.3 Å². The van der Waals surface area contributed by atoms with Crippen molar-refractivity contribution in [1.82, 2.24) is 0 Å². The molecular formula is C12H12N2O5. The lowest BCUT2D eigenvalue weighted by atomic mass is 10.3. The number of nitro groups is 1. The number of nitrogens with zero attached hydrogens (tertiary/aromatic N) is 1. The molecule has 0 saturated heterocycles. The Labute approximate surface area is 108 Å². The van der Waals surface area contributed by atoms with E-state index in [2.05, 4.69) is 5.32 Å². The monoisotopic (exact) mass is 264 g/mol. The van der Waals surface area contributed by atoms with Gasteiger partial charge >= 0.3 is 5.97 Å². The lowest BCUT2D eigenvalue weighted by Crippen LogP contribution is -2.21. The van der Waals surface area contributed by atoms with Crippen molar-refractivity contribution >= 4 is 23.3 Å². The van der Waals surface area contributed by atoms with Gasteiger partial charge in [-0.25, -0.2) is 0 Å². The van der Waals surface area contributed by atoms with Crippen LogP contribution in [0.25, 0.3) is 0 Å². The van der Waals surface area contributed by atoms with Crippen molar-refractivity contribution in [2.75, 3.05) is 11.9 Å². The fourth-order valence-corrected chi connectivity index (χ4v) is 1.47. The van der Waals surface area contributed by atoms with Crippen LogP contribution in [0, 0.1) is 16.0 Å². The maximum absolute atomic E-state index is 11.5. The molecule has 0 unspecified atom stereocenters. The van der Waals surface area contributed by atoms with Crippen molar-refractivity contribution in [3.63, 3.8) is 0 Å². The molecule has 0 spiro atoms. The average Bonchev–Trinajstić information content (AvgIpc) is 3.20. The number of nitrogens with one attached hydrogen (secondary N) is 1. The van der Waals surface area contributed by atoms with E-state index in [1.807, 2.05) is 0 Å². The maximum atomic E-state index is 11.5. The van der Waals surface area contributed by atoms with Crippen LogP contribution < -0.4 is 5.32 Å². The van der Waals surface area contributed by atoms with Crippen molar-refractivity contribution < 1.29 is 19.2 Å². The highest BCUT2D eigenvalue weighted by atomic mass is 16.6. The first-order chi connectivity index (χ1) is 9.06. The molecule has 7 nitrogen and oxygen atoms in total. The Morgan fingerprint density at radius 2 is 2.16 bits per heavy atom. The Hall–Kier alpha value is -2.44. The molecule has 0 aliphatic heterocycles. The third-order valence-electron chi connectivity index (χ3n) is 2.60. The number of benzene rings is 1. The summed E-state index contributed by atoms with van der Waals surface area (Å²) in [6.07, 6.45) is 1.62. The van der Waals surface area contributed by atoms with Crippen LogP contribution in [-0.2, 0) is 14.3 Å². The summed E-state index contributed by atoms with van der Waals surface area (Å²) in [5, 5.41) is 13.0. The number of non-ortho nitro benzene ring substituents is 1. The van der Waals surface area contributed by atoms with Gasteiger partial charge in [0.2, 0.25) is 0 Å². The molecule has 0 heterocycles. The van der Waals surface area contributed by atoms with E-state index in [4.69, 9.17) is 4.74 Å². The van der Waals surface area contributed by atoms with Crippen LogP contribution in [0.4, 0.5) is 11.4 Å². The molecule has 1 aliphatic carbocycles. The Bertz CT molecular complexity index is 525. The lowest BCUT2D eigenvalue weighted by molar-refractivity contribution is -0.384. The van der Waals surface area contributed by atoms with Crippen molar-refractivity contribution in [1.29, 1.82) is 0 Å². The van der Waals surface area contributed by atoms with E-state index >= 15 is 0 Å². The third-order valence-corrected chi connectivity index (χ3v) is 2.60. The molecule has 1 fully saturated rings. The van der Waals surface area contributed by atoms with Crippen LogP contribution in [0.5, 0.6) is 0 Å². The second kappa shape index (κ2) is 5.47. The van der Waals surface area contributed by atoms with Crippen molar-refractivity contribution in [2.45, 2.75) is 12.8 Å². The zero-order valence-corrected chi connectivity index (χ0v) is 10.00. The summed E-state index contributed by atoms with van der Waals surface area (Å²) in [6.45, 7) is -0.377. The van der Waals surface area contributed by atoms with Crippen LogP contribution in [0.3, 0.4) is 0 Å². The topological polar surface area (TPSA) is 98.5 Å². The second-order valence-electron chi connectivity index (χ2n) is 4.24. The van der Waals surface area contributed by atoms with E-state index in [1.54, 1.807) is 0 Å². The van der Waals surface area contributed by atoms with Crippen molar-refractivity contribution in [2.24, 2.45) is 5.92 Å². The van der Waals surface area contributed by atoms with Gasteiger partial charge in [-0.1, -0.05) is 6.07 Å². The summed E-state index contributed by atoms with van der Waals surface area (Å²) in [5.41, 5.74) is 0.175. The fraction of sp³-hybridized carbons (Fsp3) is 0.333. The predicted octanol–water partition coefficient (Wildman–Crippen LogP) is 1.49. The molecule has 0 radical (unpaired) electrons. The number of hydrogen-bond donors (Lipinski definition) is 1. The van der Waals surface area contributed by atoms with E-state index in [-0.39, 0.29) is 24.2 Å². The molecule has 0 bridgehead atoms. The number of ether oxygens (including phenoxy) is 1. The summed E-state index contributed by atoms with van der Waals surface area (Å²) in [7, 11) is 0. The minimum absolute atomic E-state index is 0.0642. The van der Waals surface area contributed by atoms with Gasteiger partial charge in [-0.2, -0.15) is 0 Å². The Morgan fingerprint density at radius 3 is 2.79 bits per heavy atom. The number of carbonyl (C=O) groups excluding carboxylic acids is 2. The molecule has 19 heavy (non-hydrogen) atoms. The number of amides is 1. The highest BCUT2D eigenvalue weighted by molar-refractivity contribution is 5.93. The van der Waals surface area contributed by atoms with Gasteiger partial charge in [0.05, 0.1) is 10.8 Å². The molecule has 7 heteroatoms. The SMILES string of the molecule is O=C(COC(=O)C1CC1)Nc1cccc([N+](=O)[O-])c1. The number of anilines is 1. The fourth-order valence-electron chi connectivity index (χ4n) is 1.47. The minimum Gasteiger partial charge on any atom is -0.455 e. The standard InChI is InChI=1S/C12H12N2O5/c15-11(7-19-12(16)8-4-5-8)13-9-2-1-3-10(6-9)14(17)18/h1-3,6,8H,4-5,7H2,(H,13,15). The molecular weight excluding hydrogens is 252 g/mol. The van der Waals surface area contributed by atoms with Crippen LogP contribution in [-0.4, -0.2) is 23.4 Å². The molecule has 1 amide bonds. The van der Waals surface area contributed by atoms with Gasteiger partial charge in [0.25, 0.3) is 11.6 Å². The van der Waals surface area contributed by atoms with Gasteiger partial charge in [-0.15, -0.1) is 0 Å². The van der Waals surface area contributed by atoms with Crippen molar-refractivity contribution in [3.8, 4) is 0 Å². The maximum Gasteiger partial charge on any atom is 0.309 e. The number of hydrogen-bond acceptors (Lipinski definition) is 5. The van der Waals surface area contributed by atoms with Gasteiger partial charge in [-0.05, 0) is 18.9 Å². The molecule has 100 valence electrons. The Morgan fingerprint density at radius 1 is 1.42 bits per heavy atom. The van der Waals surface area contributed by atoms with E-state index < -0.39 is 10.8 Å². The van der Waals surface area contributed by atoms with Gasteiger partial charge in [0, 0.05) is 17.8 Å². The number of carbonyl (C=O) groups is 2. The number of nitro benzene ring substituents is 1. The number of rotatable bonds is 5. The molecule has 1 saturated carbocycles. The lowest BCUT2D eigenvalue weighted by Gasteiger charge is -2.05. The minimum atomic E-state index is -0.553. The smallest absolute Gasteiger partial charge is 0.309 e. The highest BCUT2D eigenvalue weighted by Crippen LogP contribution is 2.29. The Balaban J connectivity index is 1.85.